The van der Waals surface area contributed by atoms with Gasteiger partial charge in [-0.3, -0.25) is 14.5 Å². The molecule has 0 aliphatic carbocycles. The number of hydrogen-bond donors (Lipinski definition) is 4. The number of carboxylic acids is 2. The van der Waals surface area contributed by atoms with Crippen molar-refractivity contribution in [3.05, 3.63) is 142 Å². The summed E-state index contributed by atoms with van der Waals surface area (Å²) in [5, 5.41) is 46.9. The highest BCUT2D eigenvalue weighted by molar-refractivity contribution is 8.01. The number of aliphatic carboxylic acids is 1. The summed E-state index contributed by atoms with van der Waals surface area (Å²) in [4.78, 5) is 62.7. The first-order chi connectivity index (χ1) is 28.2. The van der Waals surface area contributed by atoms with Crippen LogP contribution >= 0.6 is 34.9 Å². The second kappa shape index (κ2) is 16.1. The van der Waals surface area contributed by atoms with Crippen LogP contribution in [0.2, 0.25) is 0 Å². The maximum Gasteiger partial charge on any atom is 0.352 e. The predicted octanol–water partition coefficient (Wildman–Crippen LogP) is 3.96. The van der Waals surface area contributed by atoms with Crippen LogP contribution < -0.4 is 10.6 Å². The van der Waals surface area contributed by atoms with Gasteiger partial charge in [0.05, 0.1) is 0 Å². The maximum atomic E-state index is 13.8. The zero-order valence-electron chi connectivity index (χ0n) is 30.1. The van der Waals surface area contributed by atoms with Gasteiger partial charge in [-0.25, -0.2) is 14.6 Å². The summed E-state index contributed by atoms with van der Waals surface area (Å²) in [6, 6.07) is 30.1. The summed E-state index contributed by atoms with van der Waals surface area (Å²) < 4.78 is 0.980. The Hall–Kier alpha value is -6.64. The molecule has 8 rings (SSSR count). The number of nitrogens with one attached hydrogen (secondary N) is 2. The minimum Gasteiger partial charge on any atom is -0.478 e. The molecule has 3 aromatic carbocycles. The molecule has 292 valence electrons. The lowest BCUT2D eigenvalue weighted by Gasteiger charge is -2.49. The summed E-state index contributed by atoms with van der Waals surface area (Å²) in [5.74, 6) is -3.66. The molecule has 2 unspecified atom stereocenters. The number of oxime groups is 1. The number of β-lactam (4-membered cyclic amide) rings is 1. The Morgan fingerprint density at radius 1 is 0.966 bits per heavy atom. The first kappa shape index (κ1) is 38.2. The zero-order valence-corrected chi connectivity index (χ0v) is 32.6. The summed E-state index contributed by atoms with van der Waals surface area (Å²) >= 11 is 3.61. The van der Waals surface area contributed by atoms with Crippen molar-refractivity contribution in [1.82, 2.24) is 40.5 Å². The number of rotatable bonds is 14. The third-order valence-corrected chi connectivity index (χ3v) is 12.5. The van der Waals surface area contributed by atoms with Crippen LogP contribution in [0.3, 0.4) is 0 Å². The summed E-state index contributed by atoms with van der Waals surface area (Å²) in [7, 11) is 1.29. The van der Waals surface area contributed by atoms with Gasteiger partial charge in [-0.15, -0.1) is 37.9 Å². The van der Waals surface area contributed by atoms with Gasteiger partial charge in [-0.1, -0.05) is 108 Å². The molecule has 58 heavy (non-hydrogen) atoms. The molecule has 2 atom stereocenters. The van der Waals surface area contributed by atoms with Crippen LogP contribution in [0.1, 0.15) is 32.7 Å². The molecule has 17 nitrogen and oxygen atoms in total. The van der Waals surface area contributed by atoms with Crippen LogP contribution in [0.5, 0.6) is 0 Å². The van der Waals surface area contributed by atoms with Crippen LogP contribution in [0.4, 0.5) is 5.13 Å². The molecule has 0 bridgehead atoms. The average Bonchev–Trinajstić information content (AvgIpc) is 3.93. The highest BCUT2D eigenvalue weighted by Gasteiger charge is 2.54. The lowest BCUT2D eigenvalue weighted by Crippen LogP contribution is -2.71. The number of hydrogen-bond acceptors (Lipinski definition) is 15. The maximum absolute atomic E-state index is 13.8. The topological polar surface area (TPSA) is 226 Å². The van der Waals surface area contributed by atoms with E-state index in [9.17, 15) is 29.4 Å². The Labute approximate surface area is 341 Å². The lowest BCUT2D eigenvalue weighted by atomic mass is 9.77. The van der Waals surface area contributed by atoms with Gasteiger partial charge in [0.2, 0.25) is 5.65 Å². The number of aromatic nitrogens is 6. The van der Waals surface area contributed by atoms with Gasteiger partial charge in [0, 0.05) is 16.9 Å². The first-order valence-electron chi connectivity index (χ1n) is 17.4. The van der Waals surface area contributed by atoms with E-state index in [0.717, 1.165) is 38.0 Å². The van der Waals surface area contributed by atoms with Crippen LogP contribution in [0.25, 0.3) is 5.65 Å². The number of thioether (sulfide) groups is 2. The second-order valence-corrected chi connectivity index (χ2v) is 15.7. The van der Waals surface area contributed by atoms with Crippen LogP contribution in [-0.4, -0.2) is 105 Å². The molecule has 4 N–H and O–H groups in total. The monoisotopic (exact) mass is 834 g/mol. The SMILES string of the molecule is CO/N=C(\C(=O)NC1C(=O)N2C(C(=O)O)=C(CSc3cc(C(=O)O)c4nnnn4n3)CSC12)c1csc(NC(c2ccccc2)(c2ccccc2)c2ccccc2)n1. The number of carboxylic acid groups (broad SMARTS) is 2. The molecule has 20 heteroatoms. The van der Waals surface area contributed by atoms with Gasteiger partial charge in [-0.2, -0.15) is 0 Å². The molecule has 2 aliphatic heterocycles. The van der Waals surface area contributed by atoms with Crippen molar-refractivity contribution in [1.29, 1.82) is 0 Å². The fourth-order valence-electron chi connectivity index (χ4n) is 6.79. The number of amides is 2. The molecule has 5 heterocycles. The number of aromatic carboxylic acids is 1. The predicted molar refractivity (Wildman–Crippen MR) is 214 cm³/mol. The fraction of sp³-hybridized carbons (Fsp3) is 0.158. The van der Waals surface area contributed by atoms with Crippen LogP contribution in [0, 0.1) is 0 Å². The number of carbonyl (C=O) groups is 4. The van der Waals surface area contributed by atoms with Crippen LogP contribution in [0.15, 0.2) is 124 Å². The highest BCUT2D eigenvalue weighted by Crippen LogP contribution is 2.43. The van der Waals surface area contributed by atoms with Crippen molar-refractivity contribution in [3.63, 3.8) is 0 Å². The van der Waals surface area contributed by atoms with E-state index in [1.807, 2.05) is 91.0 Å². The molecule has 1 saturated heterocycles. The number of thiazole rings is 1. The van der Waals surface area contributed by atoms with Gasteiger partial charge in [0.15, 0.2) is 10.8 Å². The Morgan fingerprint density at radius 3 is 2.19 bits per heavy atom. The molecule has 1 fully saturated rings. The number of tetrazole rings is 1. The van der Waals surface area contributed by atoms with Gasteiger partial charge >= 0.3 is 11.9 Å². The van der Waals surface area contributed by atoms with E-state index >= 15 is 0 Å². The Kier molecular flexibility index (Phi) is 10.6. The van der Waals surface area contributed by atoms with E-state index in [1.54, 1.807) is 5.38 Å². The van der Waals surface area contributed by atoms with E-state index in [-0.39, 0.29) is 44.8 Å². The molecular formula is C38H30N10O7S3. The number of fused-ring (bicyclic) bond motifs is 2. The summed E-state index contributed by atoms with van der Waals surface area (Å²) in [6.07, 6.45) is 0. The Balaban J connectivity index is 1.02. The normalized spacial score (nSPS) is 16.7. The van der Waals surface area contributed by atoms with Crippen LogP contribution in [-0.2, 0) is 24.8 Å². The summed E-state index contributed by atoms with van der Waals surface area (Å²) in [6.45, 7) is 0. The molecule has 2 amide bonds. The molecule has 0 saturated carbocycles. The quantitative estimate of drug-likeness (QED) is 0.0401. The van der Waals surface area contributed by atoms with Crippen molar-refractivity contribution in [2.24, 2.45) is 5.16 Å². The Bertz CT molecular complexity index is 2510. The number of carbonyl (C=O) groups excluding carboxylic acids is 2. The van der Waals surface area contributed by atoms with Crippen molar-refractivity contribution in [2.75, 3.05) is 23.9 Å². The van der Waals surface area contributed by atoms with Crippen molar-refractivity contribution < 1.29 is 34.2 Å². The van der Waals surface area contributed by atoms with Gasteiger partial charge < -0.3 is 25.7 Å². The van der Waals surface area contributed by atoms with E-state index < -0.39 is 40.7 Å². The van der Waals surface area contributed by atoms with E-state index in [0.29, 0.717) is 10.7 Å². The van der Waals surface area contributed by atoms with Crippen molar-refractivity contribution in [3.8, 4) is 0 Å². The molecule has 3 aromatic heterocycles. The third kappa shape index (κ3) is 7.01. The zero-order chi connectivity index (χ0) is 40.4. The number of benzene rings is 3. The Morgan fingerprint density at radius 2 is 1.60 bits per heavy atom. The highest BCUT2D eigenvalue weighted by atomic mass is 32.2. The first-order valence-corrected chi connectivity index (χ1v) is 20.3. The molecule has 2 aliphatic rings. The van der Waals surface area contributed by atoms with E-state index in [2.05, 4.69) is 36.4 Å². The molecular weight excluding hydrogens is 805 g/mol. The standard InChI is InChI=1S/C38H30N10O7S3/c1-55-44-28(26-20-58-37(39-26)41-38(22-11-5-2-6-12-22,23-13-7-3-8-14-23)24-15-9-4-10-16-24)32(49)40-29-33(50)47-30(36(53)54)21(19-57-34(29)47)18-56-27-17-25(35(51)52)31-42-45-46-48(31)43-27/h2-17,20,29,34H,18-19H2,1H3,(H,39,41)(H,40,49)(H,51,52)(H,53,54)/b44-28-. The van der Waals surface area contributed by atoms with E-state index in [4.69, 9.17) is 9.82 Å². The minimum atomic E-state index is -1.32. The molecule has 0 radical (unpaired) electrons. The molecule has 0 spiro atoms. The van der Waals surface area contributed by atoms with Gasteiger partial charge in [-0.05, 0) is 38.8 Å². The second-order valence-electron chi connectivity index (χ2n) is 12.7. The minimum absolute atomic E-state index is 0.0422. The largest absolute Gasteiger partial charge is 0.478 e. The van der Waals surface area contributed by atoms with E-state index in [1.165, 1.54) is 36.3 Å². The number of anilines is 1. The average molecular weight is 835 g/mol. The summed E-state index contributed by atoms with van der Waals surface area (Å²) in [5.41, 5.74) is 1.98. The molecule has 6 aromatic rings. The fourth-order valence-corrected chi connectivity index (χ4v) is 9.91. The number of nitrogens with zero attached hydrogens (tertiary/aromatic N) is 8. The smallest absolute Gasteiger partial charge is 0.352 e. The van der Waals surface area contributed by atoms with Crippen molar-refractivity contribution in [2.45, 2.75) is 22.0 Å². The van der Waals surface area contributed by atoms with Gasteiger partial charge in [0.25, 0.3) is 11.8 Å². The third-order valence-electron chi connectivity index (χ3n) is 9.38. The van der Waals surface area contributed by atoms with Gasteiger partial charge in [0.1, 0.15) is 46.0 Å². The van der Waals surface area contributed by atoms with Crippen molar-refractivity contribution >= 4 is 75.1 Å². The lowest BCUT2D eigenvalue weighted by molar-refractivity contribution is -0.150.